The van der Waals surface area contributed by atoms with Crippen LogP contribution in [0.15, 0.2) is 0 Å². The molecule has 8 heavy (non-hydrogen) atoms. The lowest BCUT2D eigenvalue weighted by Crippen LogP contribution is -2.30. The first-order valence-corrected chi connectivity index (χ1v) is 3.23. The molecule has 0 atom stereocenters. The minimum Gasteiger partial charge on any atom is -0.375 e. The van der Waals surface area contributed by atoms with E-state index in [0.29, 0.717) is 18.2 Å². The van der Waals surface area contributed by atoms with Gasteiger partial charge in [-0.05, 0) is 12.2 Å². The van der Waals surface area contributed by atoms with Crippen molar-refractivity contribution in [2.75, 3.05) is 13.1 Å². The van der Waals surface area contributed by atoms with E-state index >= 15 is 0 Å². The summed E-state index contributed by atoms with van der Waals surface area (Å²) < 4.78 is 1.54. The SMILES string of the molecule is NCCN(Br)C(N)=S. The van der Waals surface area contributed by atoms with E-state index in [0.717, 1.165) is 0 Å². The minimum absolute atomic E-state index is 0.315. The molecule has 0 aromatic rings. The van der Waals surface area contributed by atoms with Crippen molar-refractivity contribution in [3.63, 3.8) is 0 Å². The Hall–Kier alpha value is 0.130. The first-order valence-electron chi connectivity index (χ1n) is 2.11. The van der Waals surface area contributed by atoms with Gasteiger partial charge in [0.1, 0.15) is 0 Å². The fourth-order valence-electron chi connectivity index (χ4n) is 0.224. The van der Waals surface area contributed by atoms with Gasteiger partial charge in [0.25, 0.3) is 0 Å². The summed E-state index contributed by atoms with van der Waals surface area (Å²) in [6.45, 7) is 1.19. The number of thiocarbonyl (C=S) groups is 1. The van der Waals surface area contributed by atoms with Crippen LogP contribution in [0, 0.1) is 0 Å². The van der Waals surface area contributed by atoms with Crippen LogP contribution in [0.5, 0.6) is 0 Å². The Morgan fingerprint density at radius 1 is 1.75 bits per heavy atom. The molecule has 0 saturated carbocycles. The van der Waals surface area contributed by atoms with Crippen LogP contribution in [0.3, 0.4) is 0 Å². The Morgan fingerprint density at radius 3 is 2.38 bits per heavy atom. The summed E-state index contributed by atoms with van der Waals surface area (Å²) in [5, 5.41) is 0.315. The molecule has 0 spiro atoms. The zero-order valence-electron chi connectivity index (χ0n) is 4.30. The van der Waals surface area contributed by atoms with E-state index in [2.05, 4.69) is 28.4 Å². The van der Waals surface area contributed by atoms with Gasteiger partial charge < -0.3 is 11.5 Å². The molecule has 0 heterocycles. The van der Waals surface area contributed by atoms with Crippen LogP contribution < -0.4 is 11.5 Å². The highest BCUT2D eigenvalue weighted by atomic mass is 79.9. The molecule has 3 nitrogen and oxygen atoms in total. The number of nitrogens with two attached hydrogens (primary N) is 2. The molecule has 0 aliphatic heterocycles. The Morgan fingerprint density at radius 2 is 2.25 bits per heavy atom. The zero-order valence-corrected chi connectivity index (χ0v) is 6.70. The molecular formula is C3H8BrN3S. The molecule has 4 N–H and O–H groups in total. The van der Waals surface area contributed by atoms with Gasteiger partial charge in [-0.3, -0.25) is 3.93 Å². The molecule has 0 rings (SSSR count). The molecule has 5 heteroatoms. The van der Waals surface area contributed by atoms with Gasteiger partial charge in [-0.2, -0.15) is 0 Å². The van der Waals surface area contributed by atoms with Gasteiger partial charge in [0, 0.05) is 13.1 Å². The van der Waals surface area contributed by atoms with Crippen molar-refractivity contribution in [1.29, 1.82) is 0 Å². The second-order valence-electron chi connectivity index (χ2n) is 1.21. The lowest BCUT2D eigenvalue weighted by molar-refractivity contribution is 0.699. The predicted octanol–water partition coefficient (Wildman–Crippen LogP) is -0.199. The maximum Gasteiger partial charge on any atom is 0.176 e. The van der Waals surface area contributed by atoms with Gasteiger partial charge in [-0.1, -0.05) is 0 Å². The first kappa shape index (κ1) is 8.13. The number of hydrogen-bond acceptors (Lipinski definition) is 2. The van der Waals surface area contributed by atoms with Crippen LogP contribution in [0.25, 0.3) is 0 Å². The van der Waals surface area contributed by atoms with Crippen molar-refractivity contribution in [3.05, 3.63) is 0 Å². The summed E-state index contributed by atoms with van der Waals surface area (Å²) in [6, 6.07) is 0. The highest BCUT2D eigenvalue weighted by Crippen LogP contribution is 1.93. The van der Waals surface area contributed by atoms with E-state index in [9.17, 15) is 0 Å². The van der Waals surface area contributed by atoms with E-state index in [1.165, 1.54) is 0 Å². The molecule has 0 bridgehead atoms. The number of halogens is 1. The maximum absolute atomic E-state index is 5.18. The van der Waals surface area contributed by atoms with Crippen LogP contribution in [0.2, 0.25) is 0 Å². The summed E-state index contributed by atoms with van der Waals surface area (Å²) >= 11 is 7.67. The van der Waals surface area contributed by atoms with Crippen molar-refractivity contribution >= 4 is 33.5 Å². The average Bonchev–Trinajstić information content (AvgIpc) is 1.67. The maximum atomic E-state index is 5.18. The fraction of sp³-hybridized carbons (Fsp3) is 0.667. The van der Waals surface area contributed by atoms with Gasteiger partial charge in [0.15, 0.2) is 5.11 Å². The molecule has 0 aromatic carbocycles. The second-order valence-corrected chi connectivity index (χ2v) is 2.49. The van der Waals surface area contributed by atoms with Crippen molar-refractivity contribution in [1.82, 2.24) is 3.93 Å². The smallest absolute Gasteiger partial charge is 0.176 e. The highest BCUT2D eigenvalue weighted by Gasteiger charge is 1.96. The standard InChI is InChI=1S/C3H8BrN3S/c4-7(2-1-5)3(6)8/h1-2,5H2,(H2,6,8). The Kier molecular flexibility index (Phi) is 4.12. The molecule has 0 amide bonds. The average molecular weight is 198 g/mol. The topological polar surface area (TPSA) is 55.3 Å². The van der Waals surface area contributed by atoms with Gasteiger partial charge in [0.05, 0.1) is 16.1 Å². The third-order valence-electron chi connectivity index (χ3n) is 0.565. The number of nitrogens with zero attached hydrogens (tertiary/aromatic N) is 1. The number of rotatable bonds is 2. The molecular weight excluding hydrogens is 190 g/mol. The monoisotopic (exact) mass is 197 g/mol. The van der Waals surface area contributed by atoms with Crippen molar-refractivity contribution < 1.29 is 0 Å². The second kappa shape index (κ2) is 4.05. The quantitative estimate of drug-likeness (QED) is 0.476. The van der Waals surface area contributed by atoms with Gasteiger partial charge in [-0.25, -0.2) is 0 Å². The highest BCUT2D eigenvalue weighted by molar-refractivity contribution is 9.07. The largest absolute Gasteiger partial charge is 0.375 e. The van der Waals surface area contributed by atoms with E-state index in [1.54, 1.807) is 3.93 Å². The molecule has 0 aliphatic carbocycles. The van der Waals surface area contributed by atoms with Crippen molar-refractivity contribution in [3.8, 4) is 0 Å². The predicted molar refractivity (Wildman–Crippen MR) is 41.5 cm³/mol. The summed E-state index contributed by atoms with van der Waals surface area (Å²) in [5.74, 6) is 0. The lowest BCUT2D eigenvalue weighted by atomic mass is 10.7. The van der Waals surface area contributed by atoms with E-state index in [4.69, 9.17) is 11.5 Å². The van der Waals surface area contributed by atoms with E-state index in [1.807, 2.05) is 0 Å². The normalized spacial score (nSPS) is 8.75. The Labute approximate surface area is 62.3 Å². The molecule has 0 aliphatic rings. The van der Waals surface area contributed by atoms with E-state index < -0.39 is 0 Å². The zero-order chi connectivity index (χ0) is 6.57. The van der Waals surface area contributed by atoms with Gasteiger partial charge >= 0.3 is 0 Å². The van der Waals surface area contributed by atoms with Crippen LogP contribution in [-0.4, -0.2) is 22.1 Å². The number of hydrogen-bond donors (Lipinski definition) is 2. The van der Waals surface area contributed by atoms with Crippen molar-refractivity contribution in [2.24, 2.45) is 11.5 Å². The Balaban J connectivity index is 3.32. The van der Waals surface area contributed by atoms with Crippen LogP contribution in [-0.2, 0) is 0 Å². The molecule has 0 fully saturated rings. The fourth-order valence-corrected chi connectivity index (χ4v) is 0.520. The molecule has 0 aromatic heterocycles. The summed E-state index contributed by atoms with van der Waals surface area (Å²) in [7, 11) is 0. The Bertz CT molecular complexity index is 86.6. The lowest BCUT2D eigenvalue weighted by Gasteiger charge is -2.10. The van der Waals surface area contributed by atoms with Gasteiger partial charge in [0.2, 0.25) is 0 Å². The summed E-state index contributed by atoms with van der Waals surface area (Å²) in [6.07, 6.45) is 0. The minimum atomic E-state index is 0.315. The van der Waals surface area contributed by atoms with Gasteiger partial charge in [-0.15, -0.1) is 0 Å². The summed E-state index contributed by atoms with van der Waals surface area (Å²) in [5.41, 5.74) is 10.4. The van der Waals surface area contributed by atoms with Crippen LogP contribution in [0.1, 0.15) is 0 Å². The molecule has 0 unspecified atom stereocenters. The first-order chi connectivity index (χ1) is 3.68. The third kappa shape index (κ3) is 3.17. The molecule has 48 valence electrons. The van der Waals surface area contributed by atoms with Crippen molar-refractivity contribution in [2.45, 2.75) is 0 Å². The third-order valence-corrected chi connectivity index (χ3v) is 1.76. The molecule has 0 saturated heterocycles. The van der Waals surface area contributed by atoms with Crippen LogP contribution >= 0.6 is 28.4 Å². The van der Waals surface area contributed by atoms with Crippen LogP contribution in [0.4, 0.5) is 0 Å². The molecule has 0 radical (unpaired) electrons. The summed E-state index contributed by atoms with van der Waals surface area (Å²) in [4.78, 5) is 0. The van der Waals surface area contributed by atoms with E-state index in [-0.39, 0.29) is 0 Å².